The lowest BCUT2D eigenvalue weighted by Crippen LogP contribution is -2.60. The van der Waals surface area contributed by atoms with E-state index >= 15 is 0 Å². The smallest absolute Gasteiger partial charge is 0.255 e. The Morgan fingerprint density at radius 1 is 1.18 bits per heavy atom. The van der Waals surface area contributed by atoms with Gasteiger partial charge in [-0.3, -0.25) is 4.79 Å². The summed E-state index contributed by atoms with van der Waals surface area (Å²) in [5.41, 5.74) is -1.13. The van der Waals surface area contributed by atoms with Gasteiger partial charge in [-0.2, -0.15) is 0 Å². The number of piperidine rings is 1. The van der Waals surface area contributed by atoms with Crippen LogP contribution in [-0.2, 0) is 4.79 Å². The molecule has 4 nitrogen and oxygen atoms in total. The fraction of sp³-hybridized carbons (Fsp3) is 0.944. The Bertz CT molecular complexity index is 370. The first kappa shape index (κ1) is 17.7. The third-order valence-electron chi connectivity index (χ3n) is 4.91. The molecule has 2 rings (SSSR count). The van der Waals surface area contributed by atoms with Crippen LogP contribution >= 0.6 is 0 Å². The number of hydrogen-bond donors (Lipinski definition) is 2. The molecule has 0 spiro atoms. The lowest BCUT2D eigenvalue weighted by molar-refractivity contribution is -0.158. The molecule has 1 saturated carbocycles. The highest BCUT2D eigenvalue weighted by Crippen LogP contribution is 2.26. The Labute approximate surface area is 135 Å². The van der Waals surface area contributed by atoms with Crippen molar-refractivity contribution in [3.8, 4) is 0 Å². The molecule has 0 aromatic carbocycles. The monoisotopic (exact) mass is 310 g/mol. The van der Waals surface area contributed by atoms with Gasteiger partial charge in [-0.25, -0.2) is 0 Å². The first-order valence-electron chi connectivity index (χ1n) is 9.05. The number of nitrogens with zero attached hydrogens (tertiary/aromatic N) is 1. The predicted octanol–water partition coefficient (Wildman–Crippen LogP) is 2.70. The van der Waals surface area contributed by atoms with E-state index in [4.69, 9.17) is 0 Å². The van der Waals surface area contributed by atoms with E-state index in [1.807, 2.05) is 4.90 Å². The molecule has 1 saturated heterocycles. The van der Waals surface area contributed by atoms with Gasteiger partial charge in [0.25, 0.3) is 5.91 Å². The SMILES string of the molecule is CC(C)(C)CN1CCCC(O)(CNC2CCCCCC2)C1=O. The Kier molecular flexibility index (Phi) is 5.89. The largest absolute Gasteiger partial charge is 0.379 e. The summed E-state index contributed by atoms with van der Waals surface area (Å²) in [7, 11) is 0. The number of rotatable bonds is 4. The Morgan fingerprint density at radius 2 is 1.82 bits per heavy atom. The van der Waals surface area contributed by atoms with Gasteiger partial charge in [0, 0.05) is 25.7 Å². The lowest BCUT2D eigenvalue weighted by atomic mass is 9.88. The highest BCUT2D eigenvalue weighted by atomic mass is 16.3. The summed E-state index contributed by atoms with van der Waals surface area (Å²) in [4.78, 5) is 14.6. The Morgan fingerprint density at radius 3 is 2.41 bits per heavy atom. The summed E-state index contributed by atoms with van der Waals surface area (Å²) in [6.45, 7) is 8.32. The quantitative estimate of drug-likeness (QED) is 0.785. The molecule has 4 heteroatoms. The van der Waals surface area contributed by atoms with Crippen molar-refractivity contribution in [3.05, 3.63) is 0 Å². The number of aliphatic hydroxyl groups is 1. The van der Waals surface area contributed by atoms with Crippen LogP contribution in [-0.4, -0.2) is 47.2 Å². The third-order valence-corrected chi connectivity index (χ3v) is 4.91. The van der Waals surface area contributed by atoms with Crippen LogP contribution in [0, 0.1) is 5.41 Å². The molecule has 1 amide bonds. The van der Waals surface area contributed by atoms with Crippen molar-refractivity contribution in [1.82, 2.24) is 10.2 Å². The minimum Gasteiger partial charge on any atom is -0.379 e. The number of hydrogen-bond acceptors (Lipinski definition) is 3. The highest BCUT2D eigenvalue weighted by Gasteiger charge is 2.43. The average Bonchev–Trinajstić information content (AvgIpc) is 2.69. The van der Waals surface area contributed by atoms with Crippen LogP contribution in [0.1, 0.15) is 72.1 Å². The fourth-order valence-electron chi connectivity index (χ4n) is 3.75. The molecular weight excluding hydrogens is 276 g/mol. The second kappa shape index (κ2) is 7.31. The molecule has 0 radical (unpaired) electrons. The predicted molar refractivity (Wildman–Crippen MR) is 89.7 cm³/mol. The number of likely N-dealkylation sites (tertiary alicyclic amines) is 1. The zero-order valence-corrected chi connectivity index (χ0v) is 14.7. The van der Waals surface area contributed by atoms with Crippen molar-refractivity contribution >= 4 is 5.91 Å². The number of carbonyl (C=O) groups excluding carboxylic acids is 1. The number of amides is 1. The van der Waals surface area contributed by atoms with Gasteiger partial charge < -0.3 is 15.3 Å². The van der Waals surface area contributed by atoms with Gasteiger partial charge in [-0.05, 0) is 31.1 Å². The molecule has 0 aromatic heterocycles. The third kappa shape index (κ3) is 4.95. The van der Waals surface area contributed by atoms with Crippen molar-refractivity contribution in [2.24, 2.45) is 5.41 Å². The summed E-state index contributed by atoms with van der Waals surface area (Å²) in [5.74, 6) is -0.0743. The summed E-state index contributed by atoms with van der Waals surface area (Å²) >= 11 is 0. The topological polar surface area (TPSA) is 52.6 Å². The van der Waals surface area contributed by atoms with Gasteiger partial charge in [0.15, 0.2) is 5.60 Å². The van der Waals surface area contributed by atoms with Gasteiger partial charge in [-0.15, -0.1) is 0 Å². The van der Waals surface area contributed by atoms with E-state index in [0.29, 0.717) is 19.0 Å². The molecule has 1 aliphatic carbocycles. The Hall–Kier alpha value is -0.610. The van der Waals surface area contributed by atoms with Gasteiger partial charge in [0.05, 0.1) is 0 Å². The van der Waals surface area contributed by atoms with Crippen molar-refractivity contribution in [2.75, 3.05) is 19.6 Å². The molecule has 2 fully saturated rings. The van der Waals surface area contributed by atoms with Gasteiger partial charge >= 0.3 is 0 Å². The normalized spacial score (nSPS) is 28.7. The first-order chi connectivity index (χ1) is 10.3. The molecule has 1 heterocycles. The molecule has 2 N–H and O–H groups in total. The molecule has 1 unspecified atom stereocenters. The van der Waals surface area contributed by atoms with E-state index in [1.165, 1.54) is 38.5 Å². The number of nitrogens with one attached hydrogen (secondary N) is 1. The second-order valence-electron chi connectivity index (χ2n) is 8.49. The van der Waals surface area contributed by atoms with Gasteiger partial charge in [0.1, 0.15) is 0 Å². The first-order valence-corrected chi connectivity index (χ1v) is 9.05. The molecule has 0 bridgehead atoms. The van der Waals surface area contributed by atoms with Gasteiger partial charge in [-0.1, -0.05) is 46.5 Å². The second-order valence-corrected chi connectivity index (χ2v) is 8.49. The van der Waals surface area contributed by atoms with Crippen LogP contribution in [0.4, 0.5) is 0 Å². The summed E-state index contributed by atoms with van der Waals surface area (Å²) in [6, 6.07) is 0.470. The fourth-order valence-corrected chi connectivity index (χ4v) is 3.75. The molecule has 22 heavy (non-hydrogen) atoms. The molecular formula is C18H34N2O2. The summed E-state index contributed by atoms with van der Waals surface area (Å²) < 4.78 is 0. The molecule has 1 aliphatic heterocycles. The zero-order chi connectivity index (χ0) is 16.2. The van der Waals surface area contributed by atoms with Crippen molar-refractivity contribution < 1.29 is 9.90 Å². The lowest BCUT2D eigenvalue weighted by Gasteiger charge is -2.41. The molecule has 0 aromatic rings. The molecule has 2 aliphatic rings. The van der Waals surface area contributed by atoms with Crippen molar-refractivity contribution in [3.63, 3.8) is 0 Å². The Balaban J connectivity index is 1.91. The van der Waals surface area contributed by atoms with E-state index in [-0.39, 0.29) is 11.3 Å². The minimum absolute atomic E-state index is 0.0720. The molecule has 128 valence electrons. The van der Waals surface area contributed by atoms with E-state index in [9.17, 15) is 9.90 Å². The van der Waals surface area contributed by atoms with E-state index in [2.05, 4.69) is 26.1 Å². The zero-order valence-electron chi connectivity index (χ0n) is 14.7. The summed E-state index contributed by atoms with van der Waals surface area (Å²) in [5, 5.41) is 14.3. The average molecular weight is 310 g/mol. The van der Waals surface area contributed by atoms with E-state index in [1.54, 1.807) is 0 Å². The minimum atomic E-state index is -1.20. The van der Waals surface area contributed by atoms with Crippen molar-refractivity contribution in [2.45, 2.75) is 83.8 Å². The summed E-state index contributed by atoms with van der Waals surface area (Å²) in [6.07, 6.45) is 9.00. The highest BCUT2D eigenvalue weighted by molar-refractivity contribution is 5.86. The van der Waals surface area contributed by atoms with E-state index < -0.39 is 5.60 Å². The molecule has 1 atom stereocenters. The van der Waals surface area contributed by atoms with Crippen LogP contribution in [0.2, 0.25) is 0 Å². The van der Waals surface area contributed by atoms with Crippen LogP contribution in [0.5, 0.6) is 0 Å². The maximum atomic E-state index is 12.7. The van der Waals surface area contributed by atoms with Gasteiger partial charge in [0.2, 0.25) is 0 Å². The van der Waals surface area contributed by atoms with Crippen molar-refractivity contribution in [1.29, 1.82) is 0 Å². The number of carbonyl (C=O) groups is 1. The maximum absolute atomic E-state index is 12.7. The van der Waals surface area contributed by atoms with Crippen LogP contribution < -0.4 is 5.32 Å². The van der Waals surface area contributed by atoms with Crippen LogP contribution in [0.25, 0.3) is 0 Å². The standard InChI is InChI=1S/C18H34N2O2/c1-17(2,3)14-20-12-8-11-18(22,16(20)21)13-19-15-9-6-4-5-7-10-15/h15,19,22H,4-14H2,1-3H3. The van der Waals surface area contributed by atoms with E-state index in [0.717, 1.165) is 19.5 Å². The maximum Gasteiger partial charge on any atom is 0.255 e. The van der Waals surface area contributed by atoms with Crippen LogP contribution in [0.15, 0.2) is 0 Å². The van der Waals surface area contributed by atoms with Crippen LogP contribution in [0.3, 0.4) is 0 Å².